The van der Waals surface area contributed by atoms with Crippen molar-refractivity contribution in [3.63, 3.8) is 0 Å². The van der Waals surface area contributed by atoms with Gasteiger partial charge in [0.1, 0.15) is 110 Å². The minimum absolute atomic E-state index is 0.274. The van der Waals surface area contributed by atoms with Crippen LogP contribution in [0.1, 0.15) is 130 Å². The van der Waals surface area contributed by atoms with Crippen LogP contribution in [0.4, 0.5) is 0 Å². The Balaban J connectivity index is 0.000000384. The highest BCUT2D eigenvalue weighted by Crippen LogP contribution is 2.45. The number of carbonyl (C=O) groups excluding carboxylic acids is 10. The first-order chi connectivity index (χ1) is 46.9. The third-order valence-electron chi connectivity index (χ3n) is 17.7. The highest BCUT2D eigenvalue weighted by Gasteiger charge is 2.49. The van der Waals surface area contributed by atoms with Gasteiger partial charge in [0.2, 0.25) is 0 Å². The van der Waals surface area contributed by atoms with Crippen molar-refractivity contribution in [2.75, 3.05) is 74.2 Å². The molecule has 21 heteroatoms. The van der Waals surface area contributed by atoms with Crippen LogP contribution in [0.25, 0.3) is 0 Å². The van der Waals surface area contributed by atoms with Gasteiger partial charge < -0.3 is 53.6 Å². The number of methoxy groups -OCH3 is 3. The van der Waals surface area contributed by atoms with E-state index < -0.39 is 142 Å². The Kier molecular flexibility index (Phi) is 31.7. The van der Waals surface area contributed by atoms with E-state index in [0.29, 0.717) is 17.2 Å². The second kappa shape index (κ2) is 37.3. The van der Waals surface area contributed by atoms with Gasteiger partial charge in [0.05, 0.1) is 71.8 Å². The Morgan fingerprint density at radius 1 is 0.280 bits per heavy atom. The van der Waals surface area contributed by atoms with E-state index in [2.05, 4.69) is 0 Å². The summed E-state index contributed by atoms with van der Waals surface area (Å²) in [7, 11) is 4.78. The fraction of sp³-hybridized carbons (Fsp3) is 0.418. The molecule has 0 saturated heterocycles. The molecule has 6 aromatic carbocycles. The van der Waals surface area contributed by atoms with Gasteiger partial charge in [-0.3, -0.25) is 47.9 Å². The van der Waals surface area contributed by atoms with Gasteiger partial charge in [-0.2, -0.15) is 0 Å². The van der Waals surface area contributed by atoms with Crippen molar-refractivity contribution in [1.82, 2.24) is 0 Å². The first kappa shape index (κ1) is 85.0. The van der Waals surface area contributed by atoms with Gasteiger partial charge in [-0.05, 0) is 167 Å². The molecule has 6 aromatic rings. The molecule has 0 aliphatic rings. The Hall–Kier alpha value is -9.22. The summed E-state index contributed by atoms with van der Waals surface area (Å²) in [5, 5.41) is 36.7. The molecule has 0 fully saturated rings. The first-order valence-corrected chi connectivity index (χ1v) is 32.1. The maximum atomic E-state index is 13.1. The van der Waals surface area contributed by atoms with Gasteiger partial charge in [0.15, 0.2) is 0 Å². The first-order valence-electron chi connectivity index (χ1n) is 32.1. The zero-order valence-electron chi connectivity index (χ0n) is 60.5. The molecule has 0 heterocycles. The van der Waals surface area contributed by atoms with Crippen LogP contribution >= 0.6 is 0 Å². The maximum absolute atomic E-state index is 13.1. The number of ether oxygens (including phenoxy) is 7. The van der Waals surface area contributed by atoms with Crippen LogP contribution < -0.4 is 14.2 Å². The number of hydrogen-bond acceptors (Lipinski definition) is 21. The largest absolute Gasteiger partial charge is 0.497 e. The fourth-order valence-corrected chi connectivity index (χ4v) is 10.1. The highest BCUT2D eigenvalue weighted by atomic mass is 16.5. The summed E-state index contributed by atoms with van der Waals surface area (Å²) >= 11 is 0. The lowest BCUT2D eigenvalue weighted by Gasteiger charge is -2.39. The molecule has 0 saturated carbocycles. The Morgan fingerprint density at radius 2 is 0.480 bits per heavy atom. The summed E-state index contributed by atoms with van der Waals surface area (Å²) < 4.78 is 40.0. The summed E-state index contributed by atoms with van der Waals surface area (Å²) in [5.74, 6) is -2.80. The van der Waals surface area contributed by atoms with E-state index >= 15 is 0 Å². The Labute approximate surface area is 586 Å². The second-order valence-corrected chi connectivity index (χ2v) is 26.3. The fourth-order valence-electron chi connectivity index (χ4n) is 10.1. The van der Waals surface area contributed by atoms with Gasteiger partial charge in [-0.15, -0.1) is 0 Å². The molecule has 0 radical (unpaired) electrons. The third-order valence-corrected chi connectivity index (χ3v) is 17.7. The molecular formula is C79H98O21. The van der Waals surface area contributed by atoms with E-state index in [0.717, 1.165) is 33.4 Å². The lowest BCUT2D eigenvalue weighted by Crippen LogP contribution is -2.49. The minimum atomic E-state index is -1.71. The van der Waals surface area contributed by atoms with Gasteiger partial charge in [0.25, 0.3) is 0 Å². The van der Waals surface area contributed by atoms with Crippen LogP contribution in [0.2, 0.25) is 0 Å². The standard InChI is InChI=1S/C33H38O7.C27H28O5.C12H20O5.C7H12O4/c1-23(34)32(24(2)35,21-39-30(36)31(3,4)5)22-40-33(25-11-9-8-10-12-25,26-13-17-28(37-6)18-14-26)27-15-19-29(38-7)20-16-27;1-20(29)26(18-28,21(2)30)19-32-27(22-10-6-4-7-11-22,23-12-8-5-9-13-23)24-14-16-25(31-3)17-15-24;1-8(14)12(6-13,9(2)15)7-17-10(16)11(3,4)5;1-5(10)7(3-8,4-9)6(2)11/h8-20H,21-22H2,1-7H3;4-17,28H,18-19H2,1-3H3;13H,6-7H2,1-5H3;8-9H,3-4H2,1-2H3. The SMILES string of the molecule is CC(=O)C(CO)(CO)C(C)=O.CC(=O)C(CO)(COC(=O)C(C)(C)C)C(C)=O.COc1ccc(C(OCC(CO)(C(C)=O)C(C)=O)(c2ccccc2)c2ccccc2)cc1.COc1ccc(C(OCC(COC(=O)C(C)(C)C)(C(C)=O)C(C)=O)(c2ccccc2)c2ccc(OC)cc2)cc1. The molecule has 540 valence electrons. The molecule has 21 nitrogen and oxygen atoms in total. The number of benzene rings is 6. The number of esters is 2. The van der Waals surface area contributed by atoms with Crippen LogP contribution in [0.5, 0.6) is 17.2 Å². The van der Waals surface area contributed by atoms with Crippen molar-refractivity contribution in [1.29, 1.82) is 0 Å². The summed E-state index contributed by atoms with van der Waals surface area (Å²) in [5.41, 5.74) is -5.71. The van der Waals surface area contributed by atoms with Crippen LogP contribution in [0.15, 0.2) is 164 Å². The van der Waals surface area contributed by atoms with Gasteiger partial charge >= 0.3 is 11.9 Å². The topological polar surface area (TPSA) is 316 Å². The normalized spacial score (nSPS) is 11.8. The quantitative estimate of drug-likeness (QED) is 0.0179. The summed E-state index contributed by atoms with van der Waals surface area (Å²) in [6, 6.07) is 51.2. The number of rotatable bonds is 31. The predicted molar refractivity (Wildman–Crippen MR) is 374 cm³/mol. The predicted octanol–water partition coefficient (Wildman–Crippen LogP) is 9.79. The maximum Gasteiger partial charge on any atom is 0.311 e. The number of Topliss-reactive ketones (excluding diaryl/α,β-unsaturated/α-hetero) is 8. The van der Waals surface area contributed by atoms with E-state index in [-0.39, 0.29) is 13.2 Å². The van der Waals surface area contributed by atoms with Crippen LogP contribution in [-0.4, -0.2) is 153 Å². The molecule has 0 bridgehead atoms. The van der Waals surface area contributed by atoms with Crippen LogP contribution in [0, 0.1) is 32.5 Å². The molecule has 0 aliphatic heterocycles. The van der Waals surface area contributed by atoms with E-state index in [1.54, 1.807) is 62.9 Å². The Morgan fingerprint density at radius 3 is 0.670 bits per heavy atom. The van der Waals surface area contributed by atoms with E-state index in [9.17, 15) is 58.2 Å². The molecule has 0 unspecified atom stereocenters. The Bertz CT molecular complexity index is 3550. The average Bonchev–Trinajstić information content (AvgIpc) is 0.754. The third kappa shape index (κ3) is 20.0. The number of carbonyl (C=O) groups is 10. The summed E-state index contributed by atoms with van der Waals surface area (Å²) in [4.78, 5) is 120. The zero-order valence-corrected chi connectivity index (χ0v) is 60.5. The molecule has 0 aromatic heterocycles. The molecule has 6 rings (SSSR count). The molecule has 4 N–H and O–H groups in total. The molecule has 100 heavy (non-hydrogen) atoms. The number of aliphatic hydroxyl groups excluding tert-OH is 4. The van der Waals surface area contributed by atoms with Crippen molar-refractivity contribution in [2.45, 2.75) is 108 Å². The van der Waals surface area contributed by atoms with Crippen molar-refractivity contribution in [3.8, 4) is 17.2 Å². The number of ketones is 8. The lowest BCUT2D eigenvalue weighted by molar-refractivity contribution is -0.166. The summed E-state index contributed by atoms with van der Waals surface area (Å²) in [6.07, 6.45) is 0. The van der Waals surface area contributed by atoms with Crippen molar-refractivity contribution in [2.24, 2.45) is 32.5 Å². The average molecular weight is 1380 g/mol. The second-order valence-electron chi connectivity index (χ2n) is 26.3. The minimum Gasteiger partial charge on any atom is -0.497 e. The van der Waals surface area contributed by atoms with Gasteiger partial charge in [0, 0.05) is 0 Å². The van der Waals surface area contributed by atoms with Crippen LogP contribution in [0.3, 0.4) is 0 Å². The van der Waals surface area contributed by atoms with Gasteiger partial charge in [-0.1, -0.05) is 127 Å². The zero-order chi connectivity index (χ0) is 75.7. The van der Waals surface area contributed by atoms with Crippen molar-refractivity contribution in [3.05, 3.63) is 197 Å². The van der Waals surface area contributed by atoms with Gasteiger partial charge in [-0.25, -0.2) is 0 Å². The molecule has 0 atom stereocenters. The van der Waals surface area contributed by atoms with E-state index in [1.165, 1.54) is 55.4 Å². The molecular weight excluding hydrogens is 1280 g/mol. The number of aliphatic hydroxyl groups is 4. The summed E-state index contributed by atoms with van der Waals surface area (Å²) in [6.45, 7) is 16.1. The highest BCUT2D eigenvalue weighted by molar-refractivity contribution is 6.07. The van der Waals surface area contributed by atoms with E-state index in [1.807, 2.05) is 164 Å². The van der Waals surface area contributed by atoms with E-state index in [4.69, 9.17) is 43.4 Å². The smallest absolute Gasteiger partial charge is 0.311 e. The number of hydrogen-bond donors (Lipinski definition) is 4. The van der Waals surface area contributed by atoms with Crippen molar-refractivity contribution >= 4 is 58.2 Å². The van der Waals surface area contributed by atoms with Crippen LogP contribution in [-0.2, 0) is 78.1 Å². The van der Waals surface area contributed by atoms with Crippen molar-refractivity contribution < 1.29 is 102 Å². The molecule has 0 amide bonds. The monoisotopic (exact) mass is 1380 g/mol. The molecule has 0 spiro atoms. The lowest BCUT2D eigenvalue weighted by atomic mass is 9.78. The molecule has 0 aliphatic carbocycles.